The number of hydrogen-bond acceptors (Lipinski definition) is 1. The smallest absolute Gasteiger partial charge is 0.149 e. The van der Waals surface area contributed by atoms with E-state index in [4.69, 9.17) is 17.3 Å². The van der Waals surface area contributed by atoms with E-state index in [2.05, 4.69) is 0 Å². The van der Waals surface area contributed by atoms with Crippen molar-refractivity contribution in [2.24, 2.45) is 5.73 Å². The minimum Gasteiger partial charge on any atom is -0.325 e. The number of hydrogen-bond donors (Lipinski definition) is 1. The van der Waals surface area contributed by atoms with E-state index in [-0.39, 0.29) is 0 Å². The van der Waals surface area contributed by atoms with Gasteiger partial charge in [-0.2, -0.15) is 0 Å². The topological polar surface area (TPSA) is 26.0 Å². The predicted octanol–water partition coefficient (Wildman–Crippen LogP) is 2.87. The van der Waals surface area contributed by atoms with Gasteiger partial charge in [-0.15, -0.1) is 0 Å². The lowest BCUT2D eigenvalue weighted by Crippen LogP contribution is -2.37. The van der Waals surface area contributed by atoms with Gasteiger partial charge in [-0.25, -0.2) is 4.39 Å². The molecule has 0 bridgehead atoms. The molecule has 0 saturated carbocycles. The van der Waals surface area contributed by atoms with E-state index >= 15 is 0 Å². The standard InChI is InChI=1S/C10H13ClFN/c1-7(13)10(2,12)8-5-3-4-6-9(8)11/h3-7H,13H2,1-2H3. The van der Waals surface area contributed by atoms with Gasteiger partial charge < -0.3 is 5.73 Å². The number of rotatable bonds is 2. The van der Waals surface area contributed by atoms with Crippen LogP contribution in [0.25, 0.3) is 0 Å². The Morgan fingerprint density at radius 2 is 2.00 bits per heavy atom. The molecule has 0 aliphatic heterocycles. The van der Waals surface area contributed by atoms with Crippen molar-refractivity contribution in [3.05, 3.63) is 34.9 Å². The summed E-state index contributed by atoms with van der Waals surface area (Å²) in [7, 11) is 0. The van der Waals surface area contributed by atoms with Gasteiger partial charge in [-0.05, 0) is 19.9 Å². The second-order valence-corrected chi connectivity index (χ2v) is 3.75. The van der Waals surface area contributed by atoms with Crippen molar-refractivity contribution in [2.75, 3.05) is 0 Å². The van der Waals surface area contributed by atoms with Gasteiger partial charge in [0.1, 0.15) is 5.67 Å². The zero-order chi connectivity index (χ0) is 10.1. The van der Waals surface area contributed by atoms with E-state index in [1.54, 1.807) is 31.2 Å². The summed E-state index contributed by atoms with van der Waals surface area (Å²) in [4.78, 5) is 0. The lowest BCUT2D eigenvalue weighted by atomic mass is 9.91. The molecule has 2 N–H and O–H groups in total. The first-order valence-electron chi connectivity index (χ1n) is 4.15. The number of halogens is 2. The molecule has 1 rings (SSSR count). The van der Waals surface area contributed by atoms with Gasteiger partial charge in [0.05, 0.1) is 0 Å². The third-order valence-electron chi connectivity index (χ3n) is 2.26. The van der Waals surface area contributed by atoms with E-state index in [1.807, 2.05) is 0 Å². The molecule has 72 valence electrons. The van der Waals surface area contributed by atoms with Gasteiger partial charge in [0.15, 0.2) is 0 Å². The van der Waals surface area contributed by atoms with Crippen LogP contribution in [0.4, 0.5) is 4.39 Å². The van der Waals surface area contributed by atoms with Gasteiger partial charge >= 0.3 is 0 Å². The highest BCUT2D eigenvalue weighted by atomic mass is 35.5. The van der Waals surface area contributed by atoms with Crippen LogP contribution in [0.15, 0.2) is 24.3 Å². The molecular formula is C10H13ClFN. The molecule has 0 radical (unpaired) electrons. The maximum absolute atomic E-state index is 14.0. The molecule has 3 heteroatoms. The van der Waals surface area contributed by atoms with Gasteiger partial charge in [0, 0.05) is 16.6 Å². The van der Waals surface area contributed by atoms with E-state index < -0.39 is 11.7 Å². The minimum absolute atomic E-state index is 0.421. The fourth-order valence-electron chi connectivity index (χ4n) is 1.10. The second kappa shape index (κ2) is 3.64. The average molecular weight is 202 g/mol. The van der Waals surface area contributed by atoms with E-state index in [1.165, 1.54) is 6.92 Å². The number of alkyl halides is 1. The monoisotopic (exact) mass is 201 g/mol. The van der Waals surface area contributed by atoms with Crippen LogP contribution in [0.5, 0.6) is 0 Å². The summed E-state index contributed by atoms with van der Waals surface area (Å²) in [5.74, 6) is 0. The van der Waals surface area contributed by atoms with Crippen LogP contribution in [0, 0.1) is 0 Å². The molecular weight excluding hydrogens is 189 g/mol. The van der Waals surface area contributed by atoms with Crippen LogP contribution in [0.1, 0.15) is 19.4 Å². The van der Waals surface area contributed by atoms with Gasteiger partial charge in [0.2, 0.25) is 0 Å². The fourth-order valence-corrected chi connectivity index (χ4v) is 1.42. The lowest BCUT2D eigenvalue weighted by Gasteiger charge is -2.25. The summed E-state index contributed by atoms with van der Waals surface area (Å²) in [6.45, 7) is 3.07. The second-order valence-electron chi connectivity index (χ2n) is 3.34. The summed E-state index contributed by atoms with van der Waals surface area (Å²) in [6.07, 6.45) is 0. The Hall–Kier alpha value is -0.600. The molecule has 0 aliphatic rings. The largest absolute Gasteiger partial charge is 0.325 e. The first-order chi connectivity index (χ1) is 5.96. The van der Waals surface area contributed by atoms with Crippen LogP contribution in [0.2, 0.25) is 5.02 Å². The predicted molar refractivity (Wildman–Crippen MR) is 53.6 cm³/mol. The van der Waals surface area contributed by atoms with Crippen LogP contribution in [-0.2, 0) is 5.67 Å². The molecule has 0 fully saturated rings. The molecule has 1 aromatic rings. The molecule has 0 heterocycles. The summed E-state index contributed by atoms with van der Waals surface area (Å²) in [6, 6.07) is 6.26. The Morgan fingerprint density at radius 3 is 2.46 bits per heavy atom. The highest BCUT2D eigenvalue weighted by Crippen LogP contribution is 2.33. The maximum atomic E-state index is 14.0. The van der Waals surface area contributed by atoms with Crippen LogP contribution in [0.3, 0.4) is 0 Å². The summed E-state index contributed by atoms with van der Waals surface area (Å²) < 4.78 is 14.0. The van der Waals surface area contributed by atoms with Crippen LogP contribution in [-0.4, -0.2) is 6.04 Å². The summed E-state index contributed by atoms with van der Waals surface area (Å²) in [5.41, 5.74) is 4.42. The zero-order valence-electron chi connectivity index (χ0n) is 7.72. The fraction of sp³-hybridized carbons (Fsp3) is 0.400. The SMILES string of the molecule is CC(N)C(C)(F)c1ccccc1Cl. The van der Waals surface area contributed by atoms with Crippen molar-refractivity contribution in [1.82, 2.24) is 0 Å². The molecule has 0 aliphatic carbocycles. The van der Waals surface area contributed by atoms with E-state index in [0.29, 0.717) is 10.6 Å². The lowest BCUT2D eigenvalue weighted by molar-refractivity contribution is 0.158. The highest BCUT2D eigenvalue weighted by molar-refractivity contribution is 6.31. The van der Waals surface area contributed by atoms with E-state index in [0.717, 1.165) is 0 Å². The summed E-state index contributed by atoms with van der Waals surface area (Å²) in [5, 5.41) is 0.421. The average Bonchev–Trinajstić information content (AvgIpc) is 2.04. The highest BCUT2D eigenvalue weighted by Gasteiger charge is 2.32. The molecule has 13 heavy (non-hydrogen) atoms. The van der Waals surface area contributed by atoms with Crippen molar-refractivity contribution >= 4 is 11.6 Å². The molecule has 2 unspecified atom stereocenters. The maximum Gasteiger partial charge on any atom is 0.149 e. The zero-order valence-corrected chi connectivity index (χ0v) is 8.48. The van der Waals surface area contributed by atoms with Gasteiger partial charge in [-0.3, -0.25) is 0 Å². The van der Waals surface area contributed by atoms with Gasteiger partial charge in [-0.1, -0.05) is 29.8 Å². The molecule has 1 aromatic carbocycles. The normalized spacial score (nSPS) is 17.9. The van der Waals surface area contributed by atoms with Crippen molar-refractivity contribution in [3.8, 4) is 0 Å². The van der Waals surface area contributed by atoms with Crippen molar-refractivity contribution in [1.29, 1.82) is 0 Å². The Bertz CT molecular complexity index is 297. The minimum atomic E-state index is -1.57. The van der Waals surface area contributed by atoms with Crippen LogP contribution < -0.4 is 5.73 Å². The molecule has 0 spiro atoms. The third-order valence-corrected chi connectivity index (χ3v) is 2.59. The van der Waals surface area contributed by atoms with Gasteiger partial charge in [0.25, 0.3) is 0 Å². The van der Waals surface area contributed by atoms with Crippen molar-refractivity contribution in [3.63, 3.8) is 0 Å². The molecule has 0 saturated heterocycles. The number of nitrogens with two attached hydrogens (primary N) is 1. The van der Waals surface area contributed by atoms with E-state index in [9.17, 15) is 4.39 Å². The Labute approximate surface area is 82.7 Å². The quantitative estimate of drug-likeness (QED) is 0.783. The van der Waals surface area contributed by atoms with Crippen LogP contribution >= 0.6 is 11.6 Å². The van der Waals surface area contributed by atoms with Crippen molar-refractivity contribution < 1.29 is 4.39 Å². The van der Waals surface area contributed by atoms with Crippen molar-refractivity contribution in [2.45, 2.75) is 25.6 Å². The third kappa shape index (κ3) is 2.01. The Balaban J connectivity index is 3.14. The Kier molecular flexibility index (Phi) is 2.94. The molecule has 0 amide bonds. The summed E-state index contributed by atoms with van der Waals surface area (Å²) >= 11 is 5.86. The number of benzene rings is 1. The molecule has 1 nitrogen and oxygen atoms in total. The molecule has 0 aromatic heterocycles. The first kappa shape index (κ1) is 10.5. The molecule has 2 atom stereocenters. The first-order valence-corrected chi connectivity index (χ1v) is 4.53. The Morgan fingerprint density at radius 1 is 1.46 bits per heavy atom.